The summed E-state index contributed by atoms with van der Waals surface area (Å²) in [7, 11) is 7.22. The second kappa shape index (κ2) is 35.1. The predicted molar refractivity (Wildman–Crippen MR) is 257 cm³/mol. The molecule has 0 aromatic heterocycles. The molecule has 0 heterocycles. The number of hydrogen-bond acceptors (Lipinski definition) is 10. The van der Waals surface area contributed by atoms with Crippen molar-refractivity contribution < 1.29 is 48.0 Å². The van der Waals surface area contributed by atoms with Crippen LogP contribution >= 0.6 is 0 Å². The third kappa shape index (κ3) is 42.0. The number of hydrogen-bond donors (Lipinski definition) is 1. The first kappa shape index (κ1) is 70.4. The van der Waals surface area contributed by atoms with Gasteiger partial charge in [0.25, 0.3) is 0 Å². The smallest absolute Gasteiger partial charge is 0.463 e. The molecule has 0 spiro atoms. The first-order chi connectivity index (χ1) is 27.5. The number of nitrogens with zero attached hydrogens (tertiary/aromatic N) is 4. The molecule has 14 nitrogen and oxygen atoms in total. The molecule has 0 atom stereocenters. The minimum Gasteiger partial charge on any atom is -0.463 e. The first-order valence-electron chi connectivity index (χ1n) is 22.5. The van der Waals surface area contributed by atoms with E-state index in [1.54, 1.807) is 54.3 Å². The molecule has 0 radical (unpaired) electrons. The van der Waals surface area contributed by atoms with Crippen molar-refractivity contribution in [3.8, 4) is 0 Å². The van der Waals surface area contributed by atoms with Gasteiger partial charge in [0.1, 0.15) is 0 Å². The van der Waals surface area contributed by atoms with Gasteiger partial charge in [0.15, 0.2) is 0 Å². The van der Waals surface area contributed by atoms with Gasteiger partial charge in [-0.25, -0.2) is 14.4 Å². The summed E-state index contributed by atoms with van der Waals surface area (Å²) in [5.74, 6) is 0.208. The van der Waals surface area contributed by atoms with Crippen LogP contribution < -0.4 is 0 Å². The van der Waals surface area contributed by atoms with Crippen molar-refractivity contribution in [3.63, 3.8) is 0 Å². The molecule has 0 saturated carbocycles. The molecule has 4 amide bonds. The van der Waals surface area contributed by atoms with E-state index < -0.39 is 6.16 Å². The van der Waals surface area contributed by atoms with Crippen LogP contribution in [0.3, 0.4) is 0 Å². The lowest BCUT2D eigenvalue weighted by molar-refractivity contribution is -0.151. The number of ether oxygens (including phenoxy) is 4. The fourth-order valence-corrected chi connectivity index (χ4v) is 3.93. The Kier molecular flexibility index (Phi) is 39.8. The van der Waals surface area contributed by atoms with Gasteiger partial charge < -0.3 is 43.7 Å². The Balaban J connectivity index is -0.000000152. The number of amides is 4. The Morgan fingerprint density at radius 3 is 0.823 bits per heavy atom. The molecule has 0 bridgehead atoms. The Bertz CT molecular complexity index is 1140. The van der Waals surface area contributed by atoms with E-state index in [1.165, 1.54) is 0 Å². The monoisotopic (exact) mass is 895 g/mol. The standard InChI is InChI=1S/C9H20N2O.C9H20O.C8H17NO2.C8H17NO.C7H14O3.C7H14O2/c1-7(2)10(5)9(12)11(6)8(3)4;1-8(2,3)7(10)9(4,5)6;1-6(2)9(5)8(10)11-7(3)4;1-6(2)8(10)9(5)7(3)4;1-5(2)9-7(8)10-6(3)4;1-5(2)7(8)9-6(3)4/h7-8H,1-6H3;7,10H,1-6H3;6-7H,1-5H3;6-7H,1-5H3;5-6H,1-4H3;5-6H,1-4H3. The number of rotatable bonds is 10. The minimum absolute atomic E-state index is 0.00174. The van der Waals surface area contributed by atoms with E-state index in [1.807, 2.05) is 132 Å². The van der Waals surface area contributed by atoms with Gasteiger partial charge in [0.2, 0.25) is 5.91 Å². The molecule has 0 aliphatic heterocycles. The Labute approximate surface area is 382 Å². The minimum atomic E-state index is -0.593. The molecule has 1 N–H and O–H groups in total. The second-order valence-corrected chi connectivity index (χ2v) is 20.4. The summed E-state index contributed by atoms with van der Waals surface area (Å²) in [4.78, 5) is 62.0. The fraction of sp³-hybridized carbons (Fsp3) is 0.896. The number of aliphatic hydroxyl groups excluding tert-OH is 1. The maximum absolute atomic E-state index is 11.6. The van der Waals surface area contributed by atoms with Gasteiger partial charge >= 0.3 is 24.2 Å². The van der Waals surface area contributed by atoms with Crippen LogP contribution in [-0.2, 0) is 28.5 Å². The lowest BCUT2D eigenvalue weighted by Crippen LogP contribution is -2.45. The van der Waals surface area contributed by atoms with Crippen LogP contribution in [0.1, 0.15) is 180 Å². The number of aliphatic hydroxyl groups is 1. The normalized spacial score (nSPS) is 11.1. The first-order valence-corrected chi connectivity index (χ1v) is 22.5. The number of carbonyl (C=O) groups is 5. The lowest BCUT2D eigenvalue weighted by atomic mass is 9.74. The van der Waals surface area contributed by atoms with Gasteiger partial charge in [-0.15, -0.1) is 0 Å². The number of carbonyl (C=O) groups excluding carboxylic acids is 5. The zero-order valence-electron chi connectivity index (χ0n) is 45.8. The van der Waals surface area contributed by atoms with Gasteiger partial charge in [0.05, 0.1) is 36.4 Å². The summed E-state index contributed by atoms with van der Waals surface area (Å²) in [6.45, 7) is 50.3. The van der Waals surface area contributed by atoms with Crippen LogP contribution in [-0.4, -0.2) is 138 Å². The maximum Gasteiger partial charge on any atom is 0.508 e. The molecule has 0 aromatic rings. The third-order valence-corrected chi connectivity index (χ3v) is 8.30. The Morgan fingerprint density at radius 1 is 0.403 bits per heavy atom. The highest BCUT2D eigenvalue weighted by atomic mass is 16.7. The van der Waals surface area contributed by atoms with Crippen LogP contribution in [0.15, 0.2) is 0 Å². The molecule has 0 aromatic carbocycles. The average molecular weight is 895 g/mol. The van der Waals surface area contributed by atoms with E-state index in [2.05, 4.69) is 41.5 Å². The number of urea groups is 1. The molecule has 0 rings (SSSR count). The van der Waals surface area contributed by atoms with Crippen molar-refractivity contribution >= 4 is 30.2 Å². The van der Waals surface area contributed by atoms with Crippen molar-refractivity contribution in [1.82, 2.24) is 19.6 Å². The van der Waals surface area contributed by atoms with E-state index in [-0.39, 0.29) is 95.3 Å². The molecule has 0 aliphatic rings. The molecule has 14 heteroatoms. The summed E-state index contributed by atoms with van der Waals surface area (Å²) in [5.41, 5.74) is -0.00347. The molecular formula is C48H102N4O10. The topological polar surface area (TPSA) is 155 Å². The van der Waals surface area contributed by atoms with E-state index in [9.17, 15) is 29.1 Å². The van der Waals surface area contributed by atoms with Gasteiger partial charge in [-0.1, -0.05) is 69.2 Å². The van der Waals surface area contributed by atoms with Crippen molar-refractivity contribution in [1.29, 1.82) is 0 Å². The molecule has 0 aliphatic carbocycles. The van der Waals surface area contributed by atoms with Gasteiger partial charge in [-0.2, -0.15) is 0 Å². The Hall–Kier alpha value is -3.29. The van der Waals surface area contributed by atoms with Gasteiger partial charge in [-0.3, -0.25) is 9.59 Å². The van der Waals surface area contributed by atoms with E-state index in [0.29, 0.717) is 6.04 Å². The number of esters is 1. The van der Waals surface area contributed by atoms with Crippen LogP contribution in [0, 0.1) is 22.7 Å². The highest BCUT2D eigenvalue weighted by Crippen LogP contribution is 2.32. The highest BCUT2D eigenvalue weighted by Gasteiger charge is 2.32. The summed E-state index contributed by atoms with van der Waals surface area (Å²) < 4.78 is 19.2. The predicted octanol–water partition coefficient (Wildman–Crippen LogP) is 11.2. The quantitative estimate of drug-likeness (QED) is 0.165. The zero-order chi connectivity index (χ0) is 51.4. The SMILES string of the molecule is CC(C)(C)C(O)C(C)(C)C.CC(C)C(=O)N(C)C(C)C.CC(C)N(C)C(=O)N(C)C(C)C.CC(C)OC(=O)C(C)C.CC(C)OC(=O)N(C)C(C)C.CC(C)OC(=O)OC(C)C. The molecular weight excluding hydrogens is 793 g/mol. The fourth-order valence-electron chi connectivity index (χ4n) is 3.93. The van der Waals surface area contributed by atoms with Crippen LogP contribution in [0.5, 0.6) is 0 Å². The maximum atomic E-state index is 11.6. The summed E-state index contributed by atoms with van der Waals surface area (Å²) in [5, 5.41) is 9.72. The van der Waals surface area contributed by atoms with Crippen LogP contribution in [0.2, 0.25) is 0 Å². The van der Waals surface area contributed by atoms with Crippen LogP contribution in [0.25, 0.3) is 0 Å². The molecule has 0 unspecified atom stereocenters. The van der Waals surface area contributed by atoms with Crippen molar-refractivity contribution in [3.05, 3.63) is 0 Å². The van der Waals surface area contributed by atoms with Crippen LogP contribution in [0.4, 0.5) is 14.4 Å². The van der Waals surface area contributed by atoms with Crippen molar-refractivity contribution in [2.24, 2.45) is 22.7 Å². The summed E-state index contributed by atoms with van der Waals surface area (Å²) >= 11 is 0. The zero-order valence-corrected chi connectivity index (χ0v) is 45.8. The summed E-state index contributed by atoms with van der Waals surface area (Å²) in [6, 6.07) is 1.12. The van der Waals surface area contributed by atoms with Crippen molar-refractivity contribution in [2.45, 2.75) is 235 Å². The van der Waals surface area contributed by atoms with E-state index >= 15 is 0 Å². The van der Waals surface area contributed by atoms with Crippen molar-refractivity contribution in [2.75, 3.05) is 28.2 Å². The third-order valence-electron chi connectivity index (χ3n) is 8.30. The Morgan fingerprint density at radius 2 is 0.677 bits per heavy atom. The van der Waals surface area contributed by atoms with Gasteiger partial charge in [0, 0.05) is 58.3 Å². The molecule has 374 valence electrons. The second-order valence-electron chi connectivity index (χ2n) is 20.4. The summed E-state index contributed by atoms with van der Waals surface area (Å²) in [6.07, 6.45) is -1.32. The van der Waals surface area contributed by atoms with E-state index in [0.717, 1.165) is 0 Å². The largest absolute Gasteiger partial charge is 0.508 e. The molecule has 0 fully saturated rings. The highest BCUT2D eigenvalue weighted by molar-refractivity contribution is 5.78. The average Bonchev–Trinajstić information content (AvgIpc) is 3.08. The van der Waals surface area contributed by atoms with E-state index in [4.69, 9.17) is 18.9 Å². The molecule has 62 heavy (non-hydrogen) atoms. The lowest BCUT2D eigenvalue weighted by Gasteiger charge is -2.36. The van der Waals surface area contributed by atoms with Gasteiger partial charge in [-0.05, 0) is 122 Å². The molecule has 0 saturated heterocycles.